The first kappa shape index (κ1) is 19.6. The van der Waals surface area contributed by atoms with Gasteiger partial charge in [-0.1, -0.05) is 66.7 Å². The van der Waals surface area contributed by atoms with E-state index in [-0.39, 0.29) is 11.7 Å². The summed E-state index contributed by atoms with van der Waals surface area (Å²) in [7, 11) is 0. The third kappa shape index (κ3) is 4.18. The molecule has 3 aromatic carbocycles. The number of Topliss-reactive ketones (excluding diaryl/α,β-unsaturated/α-hetero) is 1. The average Bonchev–Trinajstić information content (AvgIpc) is 3.31. The van der Waals surface area contributed by atoms with Crippen LogP contribution in [0.3, 0.4) is 0 Å². The van der Waals surface area contributed by atoms with Crippen molar-refractivity contribution in [1.82, 2.24) is 9.55 Å². The van der Waals surface area contributed by atoms with Crippen LogP contribution in [0.5, 0.6) is 0 Å². The topological polar surface area (TPSA) is 38.1 Å². The molecule has 0 spiro atoms. The highest BCUT2D eigenvalue weighted by Gasteiger charge is 2.28. The lowest BCUT2D eigenvalue weighted by Crippen LogP contribution is -2.33. The Morgan fingerprint density at radius 3 is 2.13 bits per heavy atom. The Morgan fingerprint density at radius 1 is 0.900 bits per heavy atom. The lowest BCUT2D eigenvalue weighted by Gasteiger charge is -2.28. The lowest BCUT2D eigenvalue weighted by atomic mass is 9.93. The van der Waals surface area contributed by atoms with Gasteiger partial charge in [0.2, 0.25) is 5.78 Å². The van der Waals surface area contributed by atoms with Crippen molar-refractivity contribution < 1.29 is 4.79 Å². The summed E-state index contributed by atoms with van der Waals surface area (Å²) in [5.41, 5.74) is 3.04. The van der Waals surface area contributed by atoms with E-state index in [0.717, 1.165) is 23.5 Å². The van der Waals surface area contributed by atoms with Gasteiger partial charge in [-0.25, -0.2) is 4.98 Å². The van der Waals surface area contributed by atoms with Gasteiger partial charge in [-0.2, -0.15) is 0 Å². The Balaban J connectivity index is 1.71. The van der Waals surface area contributed by atoms with Crippen LogP contribution in [0, 0.1) is 0 Å². The number of benzene rings is 3. The van der Waals surface area contributed by atoms with E-state index in [2.05, 4.69) is 28.9 Å². The molecule has 1 atom stereocenters. The average molecular weight is 396 g/mol. The second-order valence-electron chi connectivity index (χ2n) is 7.16. The van der Waals surface area contributed by atoms with Crippen molar-refractivity contribution in [3.05, 3.63) is 115 Å². The first-order valence-corrected chi connectivity index (χ1v) is 10.3. The number of nitrogens with zero attached hydrogens (tertiary/aromatic N) is 3. The molecule has 4 rings (SSSR count). The number of anilines is 1. The van der Waals surface area contributed by atoms with Gasteiger partial charge in [-0.3, -0.25) is 9.36 Å². The van der Waals surface area contributed by atoms with Gasteiger partial charge < -0.3 is 4.90 Å². The minimum Gasteiger partial charge on any atom is -0.371 e. The zero-order valence-electron chi connectivity index (χ0n) is 17.1. The molecule has 4 aromatic rings. The molecule has 30 heavy (non-hydrogen) atoms. The van der Waals surface area contributed by atoms with Crippen molar-refractivity contribution >= 4 is 11.5 Å². The van der Waals surface area contributed by atoms with E-state index in [4.69, 9.17) is 0 Å². The number of carbonyl (C=O) groups is 1. The third-order valence-corrected chi connectivity index (χ3v) is 5.32. The summed E-state index contributed by atoms with van der Waals surface area (Å²) in [4.78, 5) is 20.5. The fraction of sp³-hybridized carbons (Fsp3) is 0.154. The molecule has 0 bridgehead atoms. The number of ketones is 1. The van der Waals surface area contributed by atoms with Crippen LogP contribution in [-0.4, -0.2) is 28.4 Å². The van der Waals surface area contributed by atoms with Crippen LogP contribution < -0.4 is 4.90 Å². The van der Waals surface area contributed by atoms with Crippen LogP contribution in [0.25, 0.3) is 5.69 Å². The van der Waals surface area contributed by atoms with E-state index in [0.29, 0.717) is 12.4 Å². The Labute approximate surface area is 177 Å². The van der Waals surface area contributed by atoms with Crippen LogP contribution in [-0.2, 0) is 0 Å². The zero-order valence-corrected chi connectivity index (χ0v) is 17.1. The highest BCUT2D eigenvalue weighted by atomic mass is 16.1. The number of para-hydroxylation sites is 2. The molecule has 0 aliphatic heterocycles. The molecule has 0 fully saturated rings. The highest BCUT2D eigenvalue weighted by molar-refractivity contribution is 5.99. The van der Waals surface area contributed by atoms with Crippen LogP contribution in [0.4, 0.5) is 5.69 Å². The zero-order chi connectivity index (χ0) is 20.8. The van der Waals surface area contributed by atoms with Gasteiger partial charge in [0.05, 0.1) is 5.92 Å². The maximum Gasteiger partial charge on any atom is 0.207 e. The Bertz CT molecular complexity index is 1070. The summed E-state index contributed by atoms with van der Waals surface area (Å²) in [5.74, 6) is 0.153. The Morgan fingerprint density at radius 2 is 1.50 bits per heavy atom. The predicted octanol–water partition coefficient (Wildman–Crippen LogP) is 5.37. The smallest absolute Gasteiger partial charge is 0.207 e. The summed E-state index contributed by atoms with van der Waals surface area (Å²) in [6.45, 7) is 3.52. The minimum atomic E-state index is -0.323. The van der Waals surface area contributed by atoms with Gasteiger partial charge in [0.15, 0.2) is 5.82 Å². The quantitative estimate of drug-likeness (QED) is 0.377. The molecule has 1 heterocycles. The standard InChI is InChI=1S/C26H25N3O/c1-2-28(22-14-8-4-9-15-22)20-24(21-12-6-3-7-13-21)25(30)26-27-18-19-29(26)23-16-10-5-11-17-23/h3-19,24H,2,20H2,1H3/t24-/m1/s1. The van der Waals surface area contributed by atoms with Gasteiger partial charge >= 0.3 is 0 Å². The summed E-state index contributed by atoms with van der Waals surface area (Å²) < 4.78 is 1.87. The van der Waals surface area contributed by atoms with Crippen molar-refractivity contribution in [3.63, 3.8) is 0 Å². The molecule has 0 radical (unpaired) electrons. The number of carbonyl (C=O) groups excluding carboxylic acids is 1. The first-order valence-electron chi connectivity index (χ1n) is 10.3. The van der Waals surface area contributed by atoms with Gasteiger partial charge in [0.25, 0.3) is 0 Å². The van der Waals surface area contributed by atoms with Gasteiger partial charge in [-0.15, -0.1) is 0 Å². The lowest BCUT2D eigenvalue weighted by molar-refractivity contribution is 0.0949. The monoisotopic (exact) mass is 395 g/mol. The normalized spacial score (nSPS) is 11.8. The van der Waals surface area contributed by atoms with Crippen LogP contribution in [0.2, 0.25) is 0 Å². The second kappa shape index (κ2) is 9.23. The van der Waals surface area contributed by atoms with Gasteiger partial charge in [-0.05, 0) is 36.8 Å². The molecular formula is C26H25N3O. The summed E-state index contributed by atoms with van der Waals surface area (Å²) in [6.07, 6.45) is 3.54. The van der Waals surface area contributed by atoms with E-state index < -0.39 is 0 Å². The molecular weight excluding hydrogens is 370 g/mol. The number of hydrogen-bond donors (Lipinski definition) is 0. The van der Waals surface area contributed by atoms with Gasteiger partial charge in [0, 0.05) is 36.9 Å². The third-order valence-electron chi connectivity index (χ3n) is 5.32. The fourth-order valence-corrected chi connectivity index (χ4v) is 3.74. The van der Waals surface area contributed by atoms with Crippen molar-refractivity contribution in [3.8, 4) is 5.69 Å². The minimum absolute atomic E-state index is 0.0180. The molecule has 150 valence electrons. The summed E-state index contributed by atoms with van der Waals surface area (Å²) in [5, 5.41) is 0. The summed E-state index contributed by atoms with van der Waals surface area (Å²) >= 11 is 0. The first-order chi connectivity index (χ1) is 14.8. The molecule has 0 N–H and O–H groups in total. The predicted molar refractivity (Wildman–Crippen MR) is 121 cm³/mol. The molecule has 0 saturated carbocycles. The summed E-state index contributed by atoms with van der Waals surface area (Å²) in [6, 6.07) is 30.1. The maximum absolute atomic E-state index is 13.8. The van der Waals surface area contributed by atoms with Crippen LogP contribution in [0.1, 0.15) is 29.0 Å². The van der Waals surface area contributed by atoms with Gasteiger partial charge in [0.1, 0.15) is 0 Å². The fourth-order valence-electron chi connectivity index (χ4n) is 3.74. The second-order valence-corrected chi connectivity index (χ2v) is 7.16. The molecule has 4 nitrogen and oxygen atoms in total. The Kier molecular flexibility index (Phi) is 6.04. The number of hydrogen-bond acceptors (Lipinski definition) is 3. The SMILES string of the molecule is CCN(C[C@@H](C(=O)c1nccn1-c1ccccc1)c1ccccc1)c1ccccc1. The van der Waals surface area contributed by atoms with Crippen molar-refractivity contribution in [2.45, 2.75) is 12.8 Å². The molecule has 0 aliphatic rings. The number of imidazole rings is 1. The largest absolute Gasteiger partial charge is 0.371 e. The molecule has 0 amide bonds. The Hall–Kier alpha value is -3.66. The number of rotatable bonds is 8. The van der Waals surface area contributed by atoms with Crippen molar-refractivity contribution in [2.24, 2.45) is 0 Å². The van der Waals surface area contributed by atoms with E-state index in [9.17, 15) is 4.79 Å². The highest BCUT2D eigenvalue weighted by Crippen LogP contribution is 2.25. The molecule has 0 saturated heterocycles. The van der Waals surface area contributed by atoms with Crippen molar-refractivity contribution in [1.29, 1.82) is 0 Å². The molecule has 0 aliphatic carbocycles. The van der Waals surface area contributed by atoms with E-state index in [1.165, 1.54) is 0 Å². The van der Waals surface area contributed by atoms with E-state index in [1.54, 1.807) is 6.20 Å². The maximum atomic E-state index is 13.8. The van der Waals surface area contributed by atoms with E-state index in [1.807, 2.05) is 89.6 Å². The van der Waals surface area contributed by atoms with Crippen molar-refractivity contribution in [2.75, 3.05) is 18.0 Å². The number of likely N-dealkylation sites (N-methyl/N-ethyl adjacent to an activating group) is 1. The van der Waals surface area contributed by atoms with Crippen LogP contribution >= 0.6 is 0 Å². The molecule has 4 heteroatoms. The van der Waals surface area contributed by atoms with Crippen LogP contribution in [0.15, 0.2) is 103 Å². The number of aromatic nitrogens is 2. The molecule has 1 aromatic heterocycles. The van der Waals surface area contributed by atoms with E-state index >= 15 is 0 Å². The molecule has 0 unspecified atom stereocenters.